The van der Waals surface area contributed by atoms with Crippen molar-refractivity contribution < 1.29 is 0 Å². The van der Waals surface area contributed by atoms with Gasteiger partial charge in [0.2, 0.25) is 5.95 Å². The number of rotatable bonds is 6. The lowest BCUT2D eigenvalue weighted by Gasteiger charge is -2.34. The Balaban J connectivity index is 1.76. The van der Waals surface area contributed by atoms with Gasteiger partial charge in [-0.1, -0.05) is 0 Å². The average molecular weight is 355 g/mol. The molecule has 1 aromatic heterocycles. The third-order valence-corrected chi connectivity index (χ3v) is 4.91. The number of anilines is 1. The van der Waals surface area contributed by atoms with Gasteiger partial charge >= 0.3 is 0 Å². The van der Waals surface area contributed by atoms with Crippen LogP contribution in [0.25, 0.3) is 0 Å². The van der Waals surface area contributed by atoms with E-state index >= 15 is 0 Å². The lowest BCUT2D eigenvalue weighted by Crippen LogP contribution is -2.36. The molecule has 0 atom stereocenters. The summed E-state index contributed by atoms with van der Waals surface area (Å²) in [4.78, 5) is 13.3. The van der Waals surface area contributed by atoms with Crippen molar-refractivity contribution >= 4 is 21.9 Å². The molecule has 1 saturated carbocycles. The van der Waals surface area contributed by atoms with Crippen molar-refractivity contribution in [2.45, 2.75) is 44.6 Å². The summed E-state index contributed by atoms with van der Waals surface area (Å²) in [6, 6.07) is 0.594. The van der Waals surface area contributed by atoms with Gasteiger partial charge in [-0.05, 0) is 81.0 Å². The summed E-state index contributed by atoms with van der Waals surface area (Å²) in [5, 5.41) is 0. The first-order chi connectivity index (χ1) is 10.1. The van der Waals surface area contributed by atoms with Crippen molar-refractivity contribution in [1.82, 2.24) is 14.9 Å². The van der Waals surface area contributed by atoms with Gasteiger partial charge in [-0.2, -0.15) is 0 Å². The molecule has 21 heavy (non-hydrogen) atoms. The molecule has 1 aliphatic rings. The smallest absolute Gasteiger partial charge is 0.225 e. The maximum absolute atomic E-state index is 4.40. The van der Waals surface area contributed by atoms with Crippen molar-refractivity contribution in [3.8, 4) is 0 Å². The van der Waals surface area contributed by atoms with E-state index in [-0.39, 0.29) is 0 Å². The Morgan fingerprint density at radius 1 is 1.10 bits per heavy atom. The first-order valence-corrected chi connectivity index (χ1v) is 8.70. The summed E-state index contributed by atoms with van der Waals surface area (Å²) in [5.74, 6) is 1.76. The van der Waals surface area contributed by atoms with Gasteiger partial charge < -0.3 is 9.80 Å². The Morgan fingerprint density at radius 2 is 1.71 bits per heavy atom. The van der Waals surface area contributed by atoms with E-state index in [1.807, 2.05) is 12.4 Å². The van der Waals surface area contributed by atoms with Crippen molar-refractivity contribution in [3.63, 3.8) is 0 Å². The molecule has 0 spiro atoms. The number of aromatic nitrogens is 2. The normalized spacial score (nSPS) is 22.5. The average Bonchev–Trinajstić information content (AvgIpc) is 2.48. The molecule has 118 valence electrons. The molecule has 2 rings (SSSR count). The Hall–Kier alpha value is -0.680. The van der Waals surface area contributed by atoms with Gasteiger partial charge in [-0.15, -0.1) is 0 Å². The quantitative estimate of drug-likeness (QED) is 0.781. The molecular weight excluding hydrogens is 328 g/mol. The predicted octanol–water partition coefficient (Wildman–Crippen LogP) is 3.58. The first kappa shape index (κ1) is 16.7. The van der Waals surface area contributed by atoms with Crippen LogP contribution < -0.4 is 4.90 Å². The van der Waals surface area contributed by atoms with E-state index in [4.69, 9.17) is 0 Å². The van der Waals surface area contributed by atoms with Gasteiger partial charge in [0, 0.05) is 25.5 Å². The van der Waals surface area contributed by atoms with Crippen LogP contribution in [0.3, 0.4) is 0 Å². The molecule has 1 aliphatic carbocycles. The second-order valence-electron chi connectivity index (χ2n) is 6.43. The van der Waals surface area contributed by atoms with E-state index in [1.54, 1.807) is 0 Å². The summed E-state index contributed by atoms with van der Waals surface area (Å²) < 4.78 is 0.934. The van der Waals surface area contributed by atoms with E-state index < -0.39 is 0 Å². The standard InChI is InChI=1S/C16H27BrN4/c1-20(2)10-4-5-13-6-8-15(9-7-13)21(3)16-18-11-14(17)12-19-16/h11-13,15H,4-10H2,1-3H3/t13-,15-. The third kappa shape index (κ3) is 5.22. The highest BCUT2D eigenvalue weighted by molar-refractivity contribution is 9.10. The number of hydrogen-bond acceptors (Lipinski definition) is 4. The molecule has 1 aromatic rings. The summed E-state index contributed by atoms with van der Waals surface area (Å²) >= 11 is 3.39. The molecule has 4 nitrogen and oxygen atoms in total. The van der Waals surface area contributed by atoms with Gasteiger partial charge in [-0.25, -0.2) is 9.97 Å². The Labute approximate surface area is 137 Å². The van der Waals surface area contributed by atoms with Crippen molar-refractivity contribution in [2.75, 3.05) is 32.6 Å². The van der Waals surface area contributed by atoms with Crippen molar-refractivity contribution in [2.24, 2.45) is 5.92 Å². The number of hydrogen-bond donors (Lipinski definition) is 0. The summed E-state index contributed by atoms with van der Waals surface area (Å²) in [5.41, 5.74) is 0. The third-order valence-electron chi connectivity index (χ3n) is 4.50. The molecule has 0 unspecified atom stereocenters. The SMILES string of the molecule is CN(C)CCC[C@H]1CC[C@H](N(C)c2ncc(Br)cn2)CC1. The highest BCUT2D eigenvalue weighted by Crippen LogP contribution is 2.31. The van der Waals surface area contributed by atoms with Gasteiger partial charge in [0.25, 0.3) is 0 Å². The number of nitrogens with zero attached hydrogens (tertiary/aromatic N) is 4. The van der Waals surface area contributed by atoms with Gasteiger partial charge in [0.05, 0.1) is 4.47 Å². The fourth-order valence-electron chi connectivity index (χ4n) is 3.17. The van der Waals surface area contributed by atoms with Gasteiger partial charge in [0.1, 0.15) is 0 Å². The predicted molar refractivity (Wildman–Crippen MR) is 91.7 cm³/mol. The second-order valence-corrected chi connectivity index (χ2v) is 7.35. The highest BCUT2D eigenvalue weighted by Gasteiger charge is 2.25. The molecule has 0 N–H and O–H groups in total. The van der Waals surface area contributed by atoms with Crippen LogP contribution >= 0.6 is 15.9 Å². The van der Waals surface area contributed by atoms with Crippen LogP contribution in [0, 0.1) is 5.92 Å². The number of halogens is 1. The lowest BCUT2D eigenvalue weighted by molar-refractivity contribution is 0.284. The zero-order chi connectivity index (χ0) is 15.2. The van der Waals surface area contributed by atoms with Crippen LogP contribution in [0.4, 0.5) is 5.95 Å². The Kier molecular flexibility index (Phi) is 6.42. The van der Waals surface area contributed by atoms with Crippen LogP contribution in [0.15, 0.2) is 16.9 Å². The van der Waals surface area contributed by atoms with E-state index in [1.165, 1.54) is 45.1 Å². The second kappa shape index (κ2) is 8.08. The molecule has 0 saturated heterocycles. The molecule has 0 aliphatic heterocycles. The zero-order valence-electron chi connectivity index (χ0n) is 13.4. The van der Waals surface area contributed by atoms with Crippen LogP contribution in [0.2, 0.25) is 0 Å². The lowest BCUT2D eigenvalue weighted by atomic mass is 9.83. The van der Waals surface area contributed by atoms with Crippen LogP contribution in [0.5, 0.6) is 0 Å². The van der Waals surface area contributed by atoms with Gasteiger partial charge in [-0.3, -0.25) is 0 Å². The molecule has 1 fully saturated rings. The molecule has 0 aromatic carbocycles. The minimum Gasteiger partial charge on any atom is -0.341 e. The molecule has 0 radical (unpaired) electrons. The molecule has 1 heterocycles. The fourth-order valence-corrected chi connectivity index (χ4v) is 3.37. The maximum atomic E-state index is 4.40. The van der Waals surface area contributed by atoms with Crippen LogP contribution in [-0.4, -0.2) is 48.6 Å². The van der Waals surface area contributed by atoms with E-state index in [9.17, 15) is 0 Å². The molecule has 0 amide bonds. The van der Waals surface area contributed by atoms with Crippen LogP contribution in [0.1, 0.15) is 38.5 Å². The van der Waals surface area contributed by atoms with Crippen molar-refractivity contribution in [1.29, 1.82) is 0 Å². The summed E-state index contributed by atoms with van der Waals surface area (Å²) in [7, 11) is 6.44. The minimum atomic E-state index is 0.594. The van der Waals surface area contributed by atoms with E-state index in [0.29, 0.717) is 6.04 Å². The van der Waals surface area contributed by atoms with Crippen molar-refractivity contribution in [3.05, 3.63) is 16.9 Å². The van der Waals surface area contributed by atoms with Gasteiger partial charge in [0.15, 0.2) is 0 Å². The van der Waals surface area contributed by atoms with Crippen LogP contribution in [-0.2, 0) is 0 Å². The Bertz CT molecular complexity index is 413. The summed E-state index contributed by atoms with van der Waals surface area (Å²) in [6.07, 6.45) is 11.6. The highest BCUT2D eigenvalue weighted by atomic mass is 79.9. The topological polar surface area (TPSA) is 32.3 Å². The zero-order valence-corrected chi connectivity index (χ0v) is 15.0. The molecular formula is C16H27BrN4. The monoisotopic (exact) mass is 354 g/mol. The Morgan fingerprint density at radius 3 is 2.29 bits per heavy atom. The fraction of sp³-hybridized carbons (Fsp3) is 0.750. The molecule has 0 bridgehead atoms. The van der Waals surface area contributed by atoms with E-state index in [2.05, 4.69) is 56.8 Å². The summed E-state index contributed by atoms with van der Waals surface area (Å²) in [6.45, 7) is 1.21. The molecule has 5 heteroatoms. The maximum Gasteiger partial charge on any atom is 0.225 e. The first-order valence-electron chi connectivity index (χ1n) is 7.91. The van der Waals surface area contributed by atoms with E-state index in [0.717, 1.165) is 16.3 Å². The minimum absolute atomic E-state index is 0.594. The largest absolute Gasteiger partial charge is 0.341 e.